The summed E-state index contributed by atoms with van der Waals surface area (Å²) >= 11 is 1.92. The van der Waals surface area contributed by atoms with Gasteiger partial charge in [-0.1, -0.05) is 12.2 Å². The molecule has 0 radical (unpaired) electrons. The Labute approximate surface area is 91.2 Å². The Morgan fingerprint density at radius 3 is 2.69 bits per heavy atom. The summed E-state index contributed by atoms with van der Waals surface area (Å²) in [6, 6.07) is 0. The van der Waals surface area contributed by atoms with Crippen molar-refractivity contribution in [3.8, 4) is 0 Å². The maximum atomic E-state index is 13.6. The first-order valence-electron chi connectivity index (χ1n) is 4.14. The molecule has 1 rings (SSSR count). The predicted molar refractivity (Wildman–Crippen MR) is 59.5 cm³/mol. The van der Waals surface area contributed by atoms with Crippen molar-refractivity contribution in [2.24, 2.45) is 5.92 Å². The van der Waals surface area contributed by atoms with Gasteiger partial charge in [-0.25, -0.2) is 4.39 Å². The lowest BCUT2D eigenvalue weighted by Crippen LogP contribution is -2.27. The minimum absolute atomic E-state index is 0.0475. The highest BCUT2D eigenvalue weighted by molar-refractivity contribution is 14.1. The minimum atomic E-state index is -1.03. The molecule has 0 saturated heterocycles. The van der Waals surface area contributed by atoms with Crippen molar-refractivity contribution in [3.63, 3.8) is 0 Å². The second-order valence-corrected chi connectivity index (χ2v) is 4.62. The van der Waals surface area contributed by atoms with Crippen LogP contribution in [-0.4, -0.2) is 12.0 Å². The third kappa shape index (κ3) is 2.00. The first-order chi connectivity index (χ1) is 5.95. The van der Waals surface area contributed by atoms with Crippen molar-refractivity contribution in [3.05, 3.63) is 21.3 Å². The largest absolute Gasteiger partial charge is 0.295 e. The summed E-state index contributed by atoms with van der Waals surface area (Å²) in [6.07, 6.45) is -0.759. The van der Waals surface area contributed by atoms with Crippen LogP contribution in [0.5, 0.6) is 0 Å². The summed E-state index contributed by atoms with van der Waals surface area (Å²) in [5.74, 6) is -0.269. The van der Waals surface area contributed by atoms with Crippen molar-refractivity contribution < 1.29 is 9.18 Å². The summed E-state index contributed by atoms with van der Waals surface area (Å²) in [5, 5.41) is 0. The smallest absolute Gasteiger partial charge is 0.160 e. The van der Waals surface area contributed by atoms with Gasteiger partial charge in [0.15, 0.2) is 5.78 Å². The van der Waals surface area contributed by atoms with Gasteiger partial charge in [0.1, 0.15) is 6.17 Å². The fourth-order valence-electron chi connectivity index (χ4n) is 1.40. The Hall–Kier alpha value is -0.190. The molecule has 1 nitrogen and oxygen atoms in total. The number of alkyl halides is 1. The molecule has 0 aliphatic heterocycles. The normalized spacial score (nSPS) is 29.4. The number of ketones is 1. The van der Waals surface area contributed by atoms with Crippen molar-refractivity contribution in [1.82, 2.24) is 0 Å². The van der Waals surface area contributed by atoms with Gasteiger partial charge in [-0.15, -0.1) is 0 Å². The fraction of sp³-hybridized carbons (Fsp3) is 0.500. The average Bonchev–Trinajstić information content (AvgIpc) is 2.07. The molecule has 2 atom stereocenters. The van der Waals surface area contributed by atoms with Gasteiger partial charge in [-0.3, -0.25) is 4.79 Å². The van der Waals surface area contributed by atoms with Crippen molar-refractivity contribution >= 4 is 28.4 Å². The minimum Gasteiger partial charge on any atom is -0.295 e. The first-order valence-corrected chi connectivity index (χ1v) is 5.22. The quantitative estimate of drug-likeness (QED) is 0.536. The number of carbonyl (C=O) groups excluding carboxylic acids is 1. The lowest BCUT2D eigenvalue weighted by molar-refractivity contribution is -0.117. The zero-order valence-corrected chi connectivity index (χ0v) is 9.89. The molecule has 2 unspecified atom stereocenters. The second-order valence-electron chi connectivity index (χ2n) is 3.45. The van der Waals surface area contributed by atoms with Crippen LogP contribution in [0, 0.1) is 5.92 Å². The van der Waals surface area contributed by atoms with Gasteiger partial charge in [0.25, 0.3) is 0 Å². The van der Waals surface area contributed by atoms with Crippen LogP contribution in [0.1, 0.15) is 20.3 Å². The van der Waals surface area contributed by atoms with Crippen molar-refractivity contribution in [2.45, 2.75) is 26.4 Å². The number of hydrogen-bond donors (Lipinski definition) is 0. The highest BCUT2D eigenvalue weighted by Gasteiger charge is 2.33. The Morgan fingerprint density at radius 1 is 1.69 bits per heavy atom. The monoisotopic (exact) mass is 294 g/mol. The fourth-order valence-corrected chi connectivity index (χ4v) is 2.13. The van der Waals surface area contributed by atoms with E-state index in [4.69, 9.17) is 0 Å². The van der Waals surface area contributed by atoms with Crippen LogP contribution in [0.25, 0.3) is 0 Å². The Bertz CT molecular complexity index is 293. The van der Waals surface area contributed by atoms with Crippen molar-refractivity contribution in [1.29, 1.82) is 0 Å². The third-order valence-corrected chi connectivity index (χ3v) is 3.81. The lowest BCUT2D eigenvalue weighted by Gasteiger charge is -2.26. The average molecular weight is 294 g/mol. The van der Waals surface area contributed by atoms with Gasteiger partial charge in [0.05, 0.1) is 0 Å². The maximum Gasteiger partial charge on any atom is 0.160 e. The van der Waals surface area contributed by atoms with E-state index in [0.29, 0.717) is 9.15 Å². The Balaban J connectivity index is 3.02. The molecule has 0 spiro atoms. The van der Waals surface area contributed by atoms with E-state index in [9.17, 15) is 9.18 Å². The molecule has 0 heterocycles. The van der Waals surface area contributed by atoms with Gasteiger partial charge >= 0.3 is 0 Å². The topological polar surface area (TPSA) is 17.1 Å². The zero-order valence-electron chi connectivity index (χ0n) is 7.73. The highest BCUT2D eigenvalue weighted by atomic mass is 127. The van der Waals surface area contributed by atoms with Gasteiger partial charge in [-0.2, -0.15) is 0 Å². The summed E-state index contributed by atoms with van der Waals surface area (Å²) in [4.78, 5) is 11.4. The molecule has 0 aromatic carbocycles. The first kappa shape index (κ1) is 10.9. The standard InChI is InChI=1S/C10H12FIO/c1-5(2)7-4-8(13)6(3)10(12)9(7)11/h7,9H,1,4H2,2-3H3. The maximum absolute atomic E-state index is 13.6. The van der Waals surface area contributed by atoms with Crippen LogP contribution in [0.2, 0.25) is 0 Å². The van der Waals surface area contributed by atoms with E-state index in [-0.39, 0.29) is 18.1 Å². The van der Waals surface area contributed by atoms with Gasteiger partial charge < -0.3 is 0 Å². The van der Waals surface area contributed by atoms with Crippen LogP contribution in [0.15, 0.2) is 21.3 Å². The third-order valence-electron chi connectivity index (χ3n) is 2.41. The van der Waals surface area contributed by atoms with E-state index in [2.05, 4.69) is 6.58 Å². The Morgan fingerprint density at radius 2 is 2.23 bits per heavy atom. The van der Waals surface area contributed by atoms with E-state index >= 15 is 0 Å². The molecule has 0 saturated carbocycles. The van der Waals surface area contributed by atoms with Crippen LogP contribution in [0.4, 0.5) is 4.39 Å². The summed E-state index contributed by atoms with van der Waals surface area (Å²) in [7, 11) is 0. The molecule has 0 bridgehead atoms. The van der Waals surface area contributed by atoms with Crippen molar-refractivity contribution in [2.75, 3.05) is 0 Å². The molecule has 72 valence electrons. The molecule has 0 amide bonds. The van der Waals surface area contributed by atoms with Crippen LogP contribution >= 0.6 is 22.6 Å². The highest BCUT2D eigenvalue weighted by Crippen LogP contribution is 2.36. The number of halogens is 2. The van der Waals surface area contributed by atoms with E-state index < -0.39 is 6.17 Å². The number of hydrogen-bond acceptors (Lipinski definition) is 1. The number of rotatable bonds is 1. The number of Topliss-reactive ketones (excluding diaryl/α,β-unsaturated/α-hetero) is 1. The molecule has 1 aliphatic carbocycles. The van der Waals surface area contributed by atoms with E-state index in [1.807, 2.05) is 22.6 Å². The second kappa shape index (κ2) is 3.90. The summed E-state index contributed by atoms with van der Waals surface area (Å²) in [5.41, 5.74) is 1.33. The molecule has 13 heavy (non-hydrogen) atoms. The number of carbonyl (C=O) groups is 1. The van der Waals surface area contributed by atoms with Crippen LogP contribution in [-0.2, 0) is 4.79 Å². The summed E-state index contributed by atoms with van der Waals surface area (Å²) in [6.45, 7) is 7.16. The van der Waals surface area contributed by atoms with Gasteiger partial charge in [0, 0.05) is 21.5 Å². The van der Waals surface area contributed by atoms with Crippen LogP contribution < -0.4 is 0 Å². The molecule has 0 aromatic heterocycles. The molecular weight excluding hydrogens is 282 g/mol. The van der Waals surface area contributed by atoms with Gasteiger partial charge in [0.2, 0.25) is 0 Å². The predicted octanol–water partition coefficient (Wildman–Crippen LogP) is 3.20. The molecule has 0 fully saturated rings. The van der Waals surface area contributed by atoms with E-state index in [0.717, 1.165) is 5.57 Å². The zero-order chi connectivity index (χ0) is 10.2. The summed E-state index contributed by atoms with van der Waals surface area (Å²) < 4.78 is 14.2. The molecular formula is C10H12FIO. The SMILES string of the molecule is C=C(C)C1CC(=O)C(C)=C(I)C1F. The van der Waals surface area contributed by atoms with E-state index in [1.54, 1.807) is 13.8 Å². The number of allylic oxidation sites excluding steroid dienone is 3. The van der Waals surface area contributed by atoms with E-state index in [1.165, 1.54) is 0 Å². The molecule has 0 N–H and O–H groups in total. The molecule has 3 heteroatoms. The van der Waals surface area contributed by atoms with Gasteiger partial charge in [-0.05, 0) is 36.4 Å². The molecule has 0 aromatic rings. The lowest BCUT2D eigenvalue weighted by atomic mass is 9.84. The van der Waals surface area contributed by atoms with Crippen LogP contribution in [0.3, 0.4) is 0 Å². The molecule has 1 aliphatic rings. The Kier molecular flexibility index (Phi) is 3.27.